The standard InChI is InChI=1S/C21H28FN3/c1-24(17-20-9-4-5-12-23-20)15-18-7-6-13-25(16-18)14-11-19-8-2-3-10-21(19)22/h2-5,8-10,12,18H,6-7,11,13-17H2,1H3. The van der Waals surface area contributed by atoms with Crippen LogP contribution in [-0.4, -0.2) is 48.0 Å². The second-order valence-corrected chi connectivity index (χ2v) is 7.17. The Labute approximate surface area is 150 Å². The molecule has 134 valence electrons. The van der Waals surface area contributed by atoms with E-state index < -0.39 is 0 Å². The molecule has 0 saturated carbocycles. The second-order valence-electron chi connectivity index (χ2n) is 7.17. The van der Waals surface area contributed by atoms with E-state index in [0.717, 1.165) is 50.4 Å². The van der Waals surface area contributed by atoms with Crippen molar-refractivity contribution in [2.45, 2.75) is 25.8 Å². The molecule has 3 rings (SSSR count). The van der Waals surface area contributed by atoms with E-state index >= 15 is 0 Å². The lowest BCUT2D eigenvalue weighted by molar-refractivity contribution is 0.141. The summed E-state index contributed by atoms with van der Waals surface area (Å²) in [5, 5.41) is 0. The van der Waals surface area contributed by atoms with Crippen molar-refractivity contribution in [3.63, 3.8) is 0 Å². The van der Waals surface area contributed by atoms with Crippen molar-refractivity contribution in [1.82, 2.24) is 14.8 Å². The molecule has 0 bridgehead atoms. The maximum absolute atomic E-state index is 13.8. The molecule has 0 spiro atoms. The van der Waals surface area contributed by atoms with Gasteiger partial charge in [0.2, 0.25) is 0 Å². The zero-order chi connectivity index (χ0) is 17.5. The van der Waals surface area contributed by atoms with Gasteiger partial charge in [0, 0.05) is 32.4 Å². The van der Waals surface area contributed by atoms with Gasteiger partial charge < -0.3 is 9.80 Å². The summed E-state index contributed by atoms with van der Waals surface area (Å²) in [6.45, 7) is 5.18. The van der Waals surface area contributed by atoms with Crippen LogP contribution in [0.2, 0.25) is 0 Å². The van der Waals surface area contributed by atoms with E-state index in [1.165, 1.54) is 12.8 Å². The summed E-state index contributed by atoms with van der Waals surface area (Å²) in [6, 6.07) is 13.2. The van der Waals surface area contributed by atoms with E-state index in [-0.39, 0.29) is 5.82 Å². The quantitative estimate of drug-likeness (QED) is 0.767. The highest BCUT2D eigenvalue weighted by Crippen LogP contribution is 2.19. The van der Waals surface area contributed by atoms with Crippen LogP contribution in [0.1, 0.15) is 24.1 Å². The molecule has 1 saturated heterocycles. The van der Waals surface area contributed by atoms with E-state index in [0.29, 0.717) is 5.92 Å². The van der Waals surface area contributed by atoms with Gasteiger partial charge in [0.1, 0.15) is 5.82 Å². The van der Waals surface area contributed by atoms with Crippen molar-refractivity contribution < 1.29 is 4.39 Å². The molecule has 1 unspecified atom stereocenters. The predicted molar refractivity (Wildman–Crippen MR) is 99.8 cm³/mol. The summed E-state index contributed by atoms with van der Waals surface area (Å²) in [7, 11) is 2.17. The van der Waals surface area contributed by atoms with Crippen molar-refractivity contribution in [3.05, 3.63) is 65.7 Å². The smallest absolute Gasteiger partial charge is 0.126 e. The summed E-state index contributed by atoms with van der Waals surface area (Å²) in [6.07, 6.45) is 5.17. The van der Waals surface area contributed by atoms with Crippen LogP contribution < -0.4 is 0 Å². The molecule has 25 heavy (non-hydrogen) atoms. The zero-order valence-electron chi connectivity index (χ0n) is 15.1. The van der Waals surface area contributed by atoms with Crippen molar-refractivity contribution in [2.24, 2.45) is 5.92 Å². The monoisotopic (exact) mass is 341 g/mol. The molecule has 0 aliphatic carbocycles. The van der Waals surface area contributed by atoms with Gasteiger partial charge in [0.15, 0.2) is 0 Å². The van der Waals surface area contributed by atoms with E-state index in [1.807, 2.05) is 30.5 Å². The number of piperidine rings is 1. The number of hydrogen-bond acceptors (Lipinski definition) is 3. The minimum Gasteiger partial charge on any atom is -0.303 e. The Balaban J connectivity index is 1.45. The number of rotatable bonds is 7. The van der Waals surface area contributed by atoms with Gasteiger partial charge in [-0.1, -0.05) is 24.3 Å². The minimum atomic E-state index is -0.0776. The molecule has 1 aliphatic heterocycles. The molecule has 0 radical (unpaired) electrons. The largest absolute Gasteiger partial charge is 0.303 e. The van der Waals surface area contributed by atoms with Crippen molar-refractivity contribution in [1.29, 1.82) is 0 Å². The minimum absolute atomic E-state index is 0.0776. The summed E-state index contributed by atoms with van der Waals surface area (Å²) in [5.41, 5.74) is 1.95. The van der Waals surface area contributed by atoms with E-state index in [4.69, 9.17) is 0 Å². The summed E-state index contributed by atoms with van der Waals surface area (Å²) in [5.74, 6) is 0.606. The number of hydrogen-bond donors (Lipinski definition) is 0. The lowest BCUT2D eigenvalue weighted by atomic mass is 9.97. The molecule has 2 aromatic rings. The first kappa shape index (κ1) is 18.0. The second kappa shape index (κ2) is 9.07. The third kappa shape index (κ3) is 5.62. The topological polar surface area (TPSA) is 19.4 Å². The SMILES string of the molecule is CN(Cc1ccccn1)CC1CCCN(CCc2ccccc2F)C1. The fourth-order valence-corrected chi connectivity index (χ4v) is 3.76. The van der Waals surface area contributed by atoms with Crippen LogP contribution in [0.25, 0.3) is 0 Å². The summed E-state index contributed by atoms with van der Waals surface area (Å²) in [4.78, 5) is 9.27. The highest BCUT2D eigenvalue weighted by Gasteiger charge is 2.21. The van der Waals surface area contributed by atoms with E-state index in [9.17, 15) is 4.39 Å². The Kier molecular flexibility index (Phi) is 6.54. The first-order chi connectivity index (χ1) is 12.2. The molecule has 4 heteroatoms. The molecule has 0 amide bonds. The van der Waals surface area contributed by atoms with Crippen LogP contribution in [0.15, 0.2) is 48.7 Å². The lowest BCUT2D eigenvalue weighted by Crippen LogP contribution is -2.40. The number of pyridine rings is 1. The number of likely N-dealkylation sites (tertiary alicyclic amines) is 1. The molecule has 1 aliphatic rings. The van der Waals surface area contributed by atoms with Crippen LogP contribution in [-0.2, 0) is 13.0 Å². The van der Waals surface area contributed by atoms with Gasteiger partial charge in [0.25, 0.3) is 0 Å². The first-order valence-electron chi connectivity index (χ1n) is 9.25. The van der Waals surface area contributed by atoms with Gasteiger partial charge in [-0.15, -0.1) is 0 Å². The van der Waals surface area contributed by atoms with Crippen LogP contribution in [0.4, 0.5) is 4.39 Å². The Hall–Kier alpha value is -1.78. The fourth-order valence-electron chi connectivity index (χ4n) is 3.76. The normalized spacial score (nSPS) is 18.6. The van der Waals surface area contributed by atoms with E-state index in [1.54, 1.807) is 12.1 Å². The molecule has 0 N–H and O–H groups in total. The molecule has 1 aromatic carbocycles. The molecule has 2 heterocycles. The number of halogens is 1. The van der Waals surface area contributed by atoms with Gasteiger partial charge in [-0.3, -0.25) is 4.98 Å². The van der Waals surface area contributed by atoms with Gasteiger partial charge in [-0.2, -0.15) is 0 Å². The van der Waals surface area contributed by atoms with Crippen molar-refractivity contribution >= 4 is 0 Å². The van der Waals surface area contributed by atoms with E-state index in [2.05, 4.69) is 27.9 Å². The maximum atomic E-state index is 13.8. The Morgan fingerprint density at radius 1 is 1.20 bits per heavy atom. The maximum Gasteiger partial charge on any atom is 0.126 e. The number of aromatic nitrogens is 1. The third-order valence-corrected chi connectivity index (χ3v) is 4.99. The molecule has 1 aromatic heterocycles. The van der Waals surface area contributed by atoms with Crippen LogP contribution in [0.3, 0.4) is 0 Å². The van der Waals surface area contributed by atoms with Gasteiger partial charge >= 0.3 is 0 Å². The average Bonchev–Trinajstić information content (AvgIpc) is 2.62. The predicted octanol–water partition coefficient (Wildman–Crippen LogP) is 3.61. The van der Waals surface area contributed by atoms with Gasteiger partial charge in [-0.25, -0.2) is 4.39 Å². The number of benzene rings is 1. The molecular weight excluding hydrogens is 313 g/mol. The zero-order valence-corrected chi connectivity index (χ0v) is 15.1. The third-order valence-electron chi connectivity index (χ3n) is 4.99. The Bertz CT molecular complexity index is 647. The van der Waals surface area contributed by atoms with Crippen LogP contribution >= 0.6 is 0 Å². The van der Waals surface area contributed by atoms with Crippen LogP contribution in [0.5, 0.6) is 0 Å². The molecule has 1 fully saturated rings. The summed E-state index contributed by atoms with van der Waals surface area (Å²) < 4.78 is 13.8. The van der Waals surface area contributed by atoms with Crippen molar-refractivity contribution in [2.75, 3.05) is 33.2 Å². The average molecular weight is 341 g/mol. The molecule has 1 atom stereocenters. The van der Waals surface area contributed by atoms with Crippen LogP contribution in [0, 0.1) is 11.7 Å². The number of nitrogens with zero attached hydrogens (tertiary/aromatic N) is 3. The first-order valence-corrected chi connectivity index (χ1v) is 9.25. The molecular formula is C21H28FN3. The fraction of sp³-hybridized carbons (Fsp3) is 0.476. The Morgan fingerprint density at radius 3 is 2.84 bits per heavy atom. The highest BCUT2D eigenvalue weighted by atomic mass is 19.1. The lowest BCUT2D eigenvalue weighted by Gasteiger charge is -2.34. The highest BCUT2D eigenvalue weighted by molar-refractivity contribution is 5.17. The summed E-state index contributed by atoms with van der Waals surface area (Å²) >= 11 is 0. The molecule has 3 nitrogen and oxygen atoms in total. The van der Waals surface area contributed by atoms with Gasteiger partial charge in [0.05, 0.1) is 5.69 Å². The van der Waals surface area contributed by atoms with Gasteiger partial charge in [-0.05, 0) is 62.5 Å². The Morgan fingerprint density at radius 2 is 2.04 bits per heavy atom. The van der Waals surface area contributed by atoms with Crippen molar-refractivity contribution in [3.8, 4) is 0 Å².